The summed E-state index contributed by atoms with van der Waals surface area (Å²) in [6, 6.07) is 10.1. The van der Waals surface area contributed by atoms with E-state index in [0.29, 0.717) is 13.1 Å². The van der Waals surface area contributed by atoms with Crippen LogP contribution in [0.2, 0.25) is 0 Å². The van der Waals surface area contributed by atoms with Crippen LogP contribution in [0.3, 0.4) is 0 Å². The molecule has 2 aliphatic rings. The Balaban J connectivity index is 1.53. The fourth-order valence-electron chi connectivity index (χ4n) is 4.26. The molecule has 1 saturated carbocycles. The van der Waals surface area contributed by atoms with Gasteiger partial charge in [0.05, 0.1) is 11.5 Å². The Hall–Kier alpha value is -1.88. The molecule has 1 atom stereocenters. The molecule has 2 amide bonds. The van der Waals surface area contributed by atoms with Crippen molar-refractivity contribution < 1.29 is 9.59 Å². The number of amides is 2. The third-order valence-electron chi connectivity index (χ3n) is 6.00. The summed E-state index contributed by atoms with van der Waals surface area (Å²) in [5.41, 5.74) is 6.65. The van der Waals surface area contributed by atoms with E-state index >= 15 is 0 Å². The third kappa shape index (κ3) is 4.09. The van der Waals surface area contributed by atoms with E-state index in [1.807, 2.05) is 35.2 Å². The molecule has 1 aromatic carbocycles. The zero-order valence-corrected chi connectivity index (χ0v) is 15.7. The molecule has 0 spiro atoms. The lowest BCUT2D eigenvalue weighted by molar-refractivity contribution is -0.134. The largest absolute Gasteiger partial charge is 0.352 e. The number of piperidine rings is 1. The fraction of sp³-hybridized carbons (Fsp3) is 0.619. The van der Waals surface area contributed by atoms with Crippen molar-refractivity contribution in [3.05, 3.63) is 35.9 Å². The number of benzene rings is 1. The van der Waals surface area contributed by atoms with E-state index < -0.39 is 5.54 Å². The molecule has 3 N–H and O–H groups in total. The van der Waals surface area contributed by atoms with Crippen LogP contribution in [0, 0.1) is 0 Å². The SMILES string of the molecule is CCC(C(=O)N1CCC(NC(=O)C2(N)CCCC2)CC1)c1ccccc1. The Morgan fingerprint density at radius 1 is 1.19 bits per heavy atom. The Bertz CT molecular complexity index is 617. The number of nitrogens with zero attached hydrogens (tertiary/aromatic N) is 1. The first kappa shape index (κ1) is 18.9. The van der Waals surface area contributed by atoms with Crippen molar-refractivity contribution in [2.45, 2.75) is 69.4 Å². The van der Waals surface area contributed by atoms with Gasteiger partial charge in [-0.2, -0.15) is 0 Å². The minimum Gasteiger partial charge on any atom is -0.352 e. The van der Waals surface area contributed by atoms with Crippen molar-refractivity contribution in [3.63, 3.8) is 0 Å². The van der Waals surface area contributed by atoms with Crippen molar-refractivity contribution >= 4 is 11.8 Å². The van der Waals surface area contributed by atoms with Gasteiger partial charge in [-0.3, -0.25) is 9.59 Å². The van der Waals surface area contributed by atoms with Gasteiger partial charge in [0.15, 0.2) is 0 Å². The molecule has 1 aliphatic carbocycles. The first-order valence-corrected chi connectivity index (χ1v) is 9.97. The maximum atomic E-state index is 12.9. The third-order valence-corrected chi connectivity index (χ3v) is 6.00. The highest BCUT2D eigenvalue weighted by Crippen LogP contribution is 2.28. The zero-order chi connectivity index (χ0) is 18.6. The second-order valence-electron chi connectivity index (χ2n) is 7.81. The van der Waals surface area contributed by atoms with E-state index in [4.69, 9.17) is 5.73 Å². The smallest absolute Gasteiger partial charge is 0.240 e. The minimum atomic E-state index is -0.673. The Morgan fingerprint density at radius 3 is 2.38 bits per heavy atom. The highest BCUT2D eigenvalue weighted by molar-refractivity contribution is 5.87. The van der Waals surface area contributed by atoms with Crippen molar-refractivity contribution in [2.75, 3.05) is 13.1 Å². The lowest BCUT2D eigenvalue weighted by atomic mass is 9.93. The molecule has 1 aliphatic heterocycles. The highest BCUT2D eigenvalue weighted by Gasteiger charge is 2.38. The van der Waals surface area contributed by atoms with Gasteiger partial charge in [0, 0.05) is 19.1 Å². The molecule has 1 aromatic rings. The van der Waals surface area contributed by atoms with E-state index in [1.54, 1.807) is 0 Å². The molecule has 142 valence electrons. The van der Waals surface area contributed by atoms with Crippen molar-refractivity contribution in [1.29, 1.82) is 0 Å². The first-order valence-electron chi connectivity index (χ1n) is 9.97. The van der Waals surface area contributed by atoms with Crippen LogP contribution >= 0.6 is 0 Å². The number of nitrogens with two attached hydrogens (primary N) is 1. The van der Waals surface area contributed by atoms with Gasteiger partial charge in [0.25, 0.3) is 0 Å². The van der Waals surface area contributed by atoms with Gasteiger partial charge in [-0.25, -0.2) is 0 Å². The average Bonchev–Trinajstić information content (AvgIpc) is 3.12. The second kappa shape index (κ2) is 8.21. The lowest BCUT2D eigenvalue weighted by Crippen LogP contribution is -2.56. The van der Waals surface area contributed by atoms with Crippen LogP contribution in [0.4, 0.5) is 0 Å². The van der Waals surface area contributed by atoms with E-state index in [0.717, 1.165) is 50.5 Å². The molecular formula is C21H31N3O2. The number of rotatable bonds is 5. The van der Waals surface area contributed by atoms with Gasteiger partial charge in [0.1, 0.15) is 0 Å². The molecule has 1 saturated heterocycles. The molecule has 3 rings (SSSR count). The van der Waals surface area contributed by atoms with Crippen LogP contribution in [0.15, 0.2) is 30.3 Å². The topological polar surface area (TPSA) is 75.4 Å². The Labute approximate surface area is 156 Å². The summed E-state index contributed by atoms with van der Waals surface area (Å²) in [6.45, 7) is 3.46. The molecule has 5 heteroatoms. The van der Waals surface area contributed by atoms with E-state index in [2.05, 4.69) is 12.2 Å². The van der Waals surface area contributed by atoms with E-state index in [1.165, 1.54) is 0 Å². The predicted octanol–water partition coefficient (Wildman–Crippen LogP) is 2.56. The van der Waals surface area contributed by atoms with Gasteiger partial charge >= 0.3 is 0 Å². The van der Waals surface area contributed by atoms with Crippen LogP contribution in [-0.4, -0.2) is 41.4 Å². The number of hydrogen-bond donors (Lipinski definition) is 2. The first-order chi connectivity index (χ1) is 12.5. The summed E-state index contributed by atoms with van der Waals surface area (Å²) in [6.07, 6.45) is 6.05. The summed E-state index contributed by atoms with van der Waals surface area (Å²) >= 11 is 0. The van der Waals surface area contributed by atoms with Gasteiger partial charge in [0.2, 0.25) is 11.8 Å². The van der Waals surface area contributed by atoms with Crippen molar-refractivity contribution in [2.24, 2.45) is 5.73 Å². The zero-order valence-electron chi connectivity index (χ0n) is 15.7. The Kier molecular flexibility index (Phi) is 5.97. The molecule has 1 unspecified atom stereocenters. The van der Waals surface area contributed by atoms with E-state index in [-0.39, 0.29) is 23.8 Å². The summed E-state index contributed by atoms with van der Waals surface area (Å²) in [5, 5.41) is 3.13. The van der Waals surface area contributed by atoms with Gasteiger partial charge in [-0.05, 0) is 37.7 Å². The molecule has 1 heterocycles. The summed E-state index contributed by atoms with van der Waals surface area (Å²) in [4.78, 5) is 27.4. The van der Waals surface area contributed by atoms with E-state index in [9.17, 15) is 9.59 Å². The number of likely N-dealkylation sites (tertiary alicyclic amines) is 1. The maximum Gasteiger partial charge on any atom is 0.240 e. The minimum absolute atomic E-state index is 0.00417. The fourth-order valence-corrected chi connectivity index (χ4v) is 4.26. The predicted molar refractivity (Wildman–Crippen MR) is 103 cm³/mol. The van der Waals surface area contributed by atoms with Gasteiger partial charge in [-0.15, -0.1) is 0 Å². The number of hydrogen-bond acceptors (Lipinski definition) is 3. The van der Waals surface area contributed by atoms with Crippen molar-refractivity contribution in [1.82, 2.24) is 10.2 Å². The maximum absolute atomic E-state index is 12.9. The van der Waals surface area contributed by atoms with Crippen LogP contribution < -0.4 is 11.1 Å². The van der Waals surface area contributed by atoms with Crippen LogP contribution in [-0.2, 0) is 9.59 Å². The molecule has 0 aromatic heterocycles. The number of carbonyl (C=O) groups excluding carboxylic acids is 2. The van der Waals surface area contributed by atoms with Crippen LogP contribution in [0.1, 0.15) is 63.4 Å². The molecular weight excluding hydrogens is 326 g/mol. The Morgan fingerprint density at radius 2 is 1.81 bits per heavy atom. The standard InChI is InChI=1S/C21H31N3O2/c1-2-18(16-8-4-3-5-9-16)19(25)24-14-10-17(11-15-24)23-20(26)21(22)12-6-7-13-21/h3-5,8-9,17-18H,2,6-7,10-15,22H2,1H3,(H,23,26). The summed E-state index contributed by atoms with van der Waals surface area (Å²) in [5.74, 6) is 0.123. The summed E-state index contributed by atoms with van der Waals surface area (Å²) < 4.78 is 0. The molecule has 0 bridgehead atoms. The monoisotopic (exact) mass is 357 g/mol. The van der Waals surface area contributed by atoms with Gasteiger partial charge in [-0.1, -0.05) is 50.1 Å². The molecule has 5 nitrogen and oxygen atoms in total. The normalized spacial score (nSPS) is 21.4. The lowest BCUT2D eigenvalue weighted by Gasteiger charge is -2.36. The molecule has 26 heavy (non-hydrogen) atoms. The van der Waals surface area contributed by atoms with Crippen LogP contribution in [0.25, 0.3) is 0 Å². The molecule has 0 radical (unpaired) electrons. The van der Waals surface area contributed by atoms with Gasteiger partial charge < -0.3 is 16.0 Å². The number of carbonyl (C=O) groups is 2. The quantitative estimate of drug-likeness (QED) is 0.850. The second-order valence-corrected chi connectivity index (χ2v) is 7.81. The van der Waals surface area contributed by atoms with Crippen LogP contribution in [0.5, 0.6) is 0 Å². The molecule has 2 fully saturated rings. The number of nitrogens with one attached hydrogen (secondary N) is 1. The average molecular weight is 357 g/mol. The van der Waals surface area contributed by atoms with Crippen molar-refractivity contribution in [3.8, 4) is 0 Å². The highest BCUT2D eigenvalue weighted by atomic mass is 16.2. The summed E-state index contributed by atoms with van der Waals surface area (Å²) in [7, 11) is 0.